The Morgan fingerprint density at radius 2 is 1.72 bits per heavy atom. The third kappa shape index (κ3) is 6.62. The number of carbonyl (C=O) groups is 3. The van der Waals surface area contributed by atoms with Gasteiger partial charge < -0.3 is 15.4 Å². The summed E-state index contributed by atoms with van der Waals surface area (Å²) in [6, 6.07) is 10.9. The number of carbonyl (C=O) groups excluding carboxylic acids is 3. The van der Waals surface area contributed by atoms with E-state index in [2.05, 4.69) is 26.6 Å². The van der Waals surface area contributed by atoms with Gasteiger partial charge in [0.25, 0.3) is 11.8 Å². The van der Waals surface area contributed by atoms with Crippen molar-refractivity contribution in [3.8, 4) is 0 Å². The Bertz CT molecular complexity index is 1120. The molecule has 2 aromatic rings. The van der Waals surface area contributed by atoms with E-state index in [1.165, 1.54) is 33.2 Å². The number of rotatable bonds is 8. The highest BCUT2D eigenvalue weighted by atomic mass is 79.9. The highest BCUT2D eigenvalue weighted by Crippen LogP contribution is 2.22. The SMILES string of the molecule is Cc1ccc(S(=O)(=O)N(C)C)cc1NC(=O)[C@@H](C)OC(=O)CNC(=O)c1ccc(Br)cc1. The van der Waals surface area contributed by atoms with Gasteiger partial charge in [0.1, 0.15) is 6.54 Å². The maximum atomic E-state index is 12.4. The van der Waals surface area contributed by atoms with E-state index >= 15 is 0 Å². The molecule has 0 unspecified atom stereocenters. The van der Waals surface area contributed by atoms with Crippen LogP contribution in [0.3, 0.4) is 0 Å². The maximum Gasteiger partial charge on any atom is 0.326 e. The number of benzene rings is 2. The fourth-order valence-electron chi connectivity index (χ4n) is 2.49. The van der Waals surface area contributed by atoms with E-state index in [-0.39, 0.29) is 10.6 Å². The fourth-order valence-corrected chi connectivity index (χ4v) is 3.68. The normalized spacial score (nSPS) is 12.2. The van der Waals surface area contributed by atoms with Gasteiger partial charge in [0.2, 0.25) is 10.0 Å². The third-order valence-corrected chi connectivity index (χ3v) is 6.76. The zero-order valence-corrected chi connectivity index (χ0v) is 20.4. The molecule has 0 radical (unpaired) electrons. The summed E-state index contributed by atoms with van der Waals surface area (Å²) in [5.41, 5.74) is 1.29. The minimum Gasteiger partial charge on any atom is -0.451 e. The molecule has 0 aliphatic rings. The van der Waals surface area contributed by atoms with Crippen LogP contribution in [0.5, 0.6) is 0 Å². The Balaban J connectivity index is 1.96. The number of anilines is 1. The number of aryl methyl sites for hydroxylation is 1. The minimum absolute atomic E-state index is 0.0173. The van der Waals surface area contributed by atoms with Crippen molar-refractivity contribution < 1.29 is 27.5 Å². The van der Waals surface area contributed by atoms with Crippen LogP contribution in [0.2, 0.25) is 0 Å². The Kier molecular flexibility index (Phi) is 8.53. The fraction of sp³-hybridized carbons (Fsp3) is 0.286. The molecule has 0 bridgehead atoms. The van der Waals surface area contributed by atoms with Crippen molar-refractivity contribution in [3.05, 3.63) is 58.1 Å². The molecule has 0 spiro atoms. The number of hydrogen-bond donors (Lipinski definition) is 2. The Morgan fingerprint density at radius 1 is 1.09 bits per heavy atom. The third-order valence-electron chi connectivity index (χ3n) is 4.42. The molecule has 32 heavy (non-hydrogen) atoms. The van der Waals surface area contributed by atoms with Gasteiger partial charge in [-0.2, -0.15) is 0 Å². The van der Waals surface area contributed by atoms with Crippen LogP contribution in [0, 0.1) is 6.92 Å². The Hall–Kier alpha value is -2.76. The zero-order chi connectivity index (χ0) is 24.1. The average Bonchev–Trinajstić information content (AvgIpc) is 2.73. The van der Waals surface area contributed by atoms with Crippen LogP contribution in [0.4, 0.5) is 5.69 Å². The number of hydrogen-bond acceptors (Lipinski definition) is 6. The lowest BCUT2D eigenvalue weighted by Gasteiger charge is -2.17. The molecular formula is C21H24BrN3O6S. The number of amides is 2. The Labute approximate surface area is 195 Å². The molecule has 9 nitrogen and oxygen atoms in total. The van der Waals surface area contributed by atoms with Crippen LogP contribution < -0.4 is 10.6 Å². The van der Waals surface area contributed by atoms with Crippen LogP contribution >= 0.6 is 15.9 Å². The van der Waals surface area contributed by atoms with Gasteiger partial charge in [0, 0.05) is 29.8 Å². The van der Waals surface area contributed by atoms with E-state index in [0.29, 0.717) is 11.1 Å². The molecule has 0 saturated carbocycles. The monoisotopic (exact) mass is 525 g/mol. The van der Waals surface area contributed by atoms with Gasteiger partial charge in [-0.3, -0.25) is 14.4 Å². The second-order valence-corrected chi connectivity index (χ2v) is 10.1. The van der Waals surface area contributed by atoms with Gasteiger partial charge in [-0.1, -0.05) is 22.0 Å². The van der Waals surface area contributed by atoms with Crippen LogP contribution in [0.25, 0.3) is 0 Å². The van der Waals surface area contributed by atoms with E-state index in [1.807, 2.05) is 0 Å². The van der Waals surface area contributed by atoms with E-state index in [9.17, 15) is 22.8 Å². The van der Waals surface area contributed by atoms with Gasteiger partial charge in [0.05, 0.1) is 4.90 Å². The summed E-state index contributed by atoms with van der Waals surface area (Å²) < 4.78 is 31.6. The summed E-state index contributed by atoms with van der Waals surface area (Å²) in [7, 11) is -0.864. The first-order chi connectivity index (χ1) is 14.9. The summed E-state index contributed by atoms with van der Waals surface area (Å²) in [5.74, 6) is -1.89. The van der Waals surface area contributed by atoms with Crippen molar-refractivity contribution in [2.45, 2.75) is 24.8 Å². The zero-order valence-electron chi connectivity index (χ0n) is 18.0. The first-order valence-electron chi connectivity index (χ1n) is 9.49. The van der Waals surface area contributed by atoms with Gasteiger partial charge in [-0.15, -0.1) is 0 Å². The molecule has 0 fully saturated rings. The van der Waals surface area contributed by atoms with Crippen LogP contribution in [-0.2, 0) is 24.3 Å². The summed E-state index contributed by atoms with van der Waals surface area (Å²) in [6.45, 7) is 2.66. The van der Waals surface area contributed by atoms with Crippen LogP contribution in [-0.4, -0.2) is 57.3 Å². The molecule has 0 aromatic heterocycles. The highest BCUT2D eigenvalue weighted by molar-refractivity contribution is 9.10. The molecule has 1 atom stereocenters. The molecule has 2 amide bonds. The molecule has 0 heterocycles. The average molecular weight is 526 g/mol. The van der Waals surface area contributed by atoms with E-state index in [0.717, 1.165) is 8.78 Å². The summed E-state index contributed by atoms with van der Waals surface area (Å²) >= 11 is 3.27. The van der Waals surface area contributed by atoms with Gasteiger partial charge >= 0.3 is 5.97 Å². The number of ether oxygens (including phenoxy) is 1. The lowest BCUT2D eigenvalue weighted by molar-refractivity contribution is -0.152. The molecule has 2 N–H and O–H groups in total. The van der Waals surface area contributed by atoms with Crippen molar-refractivity contribution in [2.24, 2.45) is 0 Å². The van der Waals surface area contributed by atoms with Crippen molar-refractivity contribution in [3.63, 3.8) is 0 Å². The lowest BCUT2D eigenvalue weighted by atomic mass is 10.2. The second-order valence-electron chi connectivity index (χ2n) is 7.08. The van der Waals surface area contributed by atoms with Crippen molar-refractivity contribution >= 4 is 49.4 Å². The predicted molar refractivity (Wildman–Crippen MR) is 123 cm³/mol. The molecule has 11 heteroatoms. The summed E-state index contributed by atoms with van der Waals surface area (Å²) in [5, 5.41) is 5.00. The summed E-state index contributed by atoms with van der Waals surface area (Å²) in [4.78, 5) is 36.5. The summed E-state index contributed by atoms with van der Waals surface area (Å²) in [6.07, 6.45) is -1.17. The topological polar surface area (TPSA) is 122 Å². The van der Waals surface area contributed by atoms with Crippen molar-refractivity contribution in [1.82, 2.24) is 9.62 Å². The van der Waals surface area contributed by atoms with E-state index in [1.54, 1.807) is 37.3 Å². The standard InChI is InChI=1S/C21H24BrN3O6S/c1-13-5-10-17(32(29,30)25(3)4)11-18(13)24-20(27)14(2)31-19(26)12-23-21(28)15-6-8-16(22)9-7-15/h5-11,14H,12H2,1-4H3,(H,23,28)(H,24,27)/t14-/m1/s1. The van der Waals surface area contributed by atoms with E-state index in [4.69, 9.17) is 4.74 Å². The van der Waals surface area contributed by atoms with Gasteiger partial charge in [0.15, 0.2) is 6.10 Å². The molecule has 172 valence electrons. The minimum atomic E-state index is -3.68. The van der Waals surface area contributed by atoms with E-state index < -0.39 is 40.5 Å². The predicted octanol–water partition coefficient (Wildman–Crippen LogP) is 2.31. The molecule has 0 aliphatic carbocycles. The number of nitrogens with zero attached hydrogens (tertiary/aromatic N) is 1. The Morgan fingerprint density at radius 3 is 2.31 bits per heavy atom. The smallest absolute Gasteiger partial charge is 0.326 e. The number of esters is 1. The molecule has 2 rings (SSSR count). The molecule has 2 aromatic carbocycles. The van der Waals surface area contributed by atoms with Gasteiger partial charge in [-0.05, 0) is 55.8 Å². The largest absolute Gasteiger partial charge is 0.451 e. The number of halogens is 1. The first kappa shape index (κ1) is 25.5. The molecular weight excluding hydrogens is 502 g/mol. The molecule has 0 saturated heterocycles. The maximum absolute atomic E-state index is 12.4. The highest BCUT2D eigenvalue weighted by Gasteiger charge is 2.22. The quantitative estimate of drug-likeness (QED) is 0.510. The number of sulfonamides is 1. The van der Waals surface area contributed by atoms with Crippen molar-refractivity contribution in [2.75, 3.05) is 26.0 Å². The van der Waals surface area contributed by atoms with Crippen LogP contribution in [0.15, 0.2) is 51.8 Å². The van der Waals surface area contributed by atoms with Gasteiger partial charge in [-0.25, -0.2) is 12.7 Å². The van der Waals surface area contributed by atoms with Crippen molar-refractivity contribution in [1.29, 1.82) is 0 Å². The first-order valence-corrected chi connectivity index (χ1v) is 11.7. The number of nitrogens with one attached hydrogen (secondary N) is 2. The second kappa shape index (κ2) is 10.7. The van der Waals surface area contributed by atoms with Crippen LogP contribution in [0.1, 0.15) is 22.8 Å². The lowest BCUT2D eigenvalue weighted by Crippen LogP contribution is -2.36. The molecule has 0 aliphatic heterocycles.